The van der Waals surface area contributed by atoms with Crippen LogP contribution in [-0.2, 0) is 0 Å². The Hall–Kier alpha value is -0.210. The number of carboxylic acids is 1. The largest absolute Gasteiger partial charge is 0.477 e. The predicted molar refractivity (Wildman–Crippen MR) is 67.0 cm³/mol. The highest BCUT2D eigenvalue weighted by molar-refractivity contribution is 14.1. The SMILES string of the molecule is O=C(O)c1sc2cncc(I)c2c1Br. The molecule has 2 heterocycles. The van der Waals surface area contributed by atoms with Gasteiger partial charge in [0.05, 0.1) is 9.17 Å². The molecule has 0 fully saturated rings. The van der Waals surface area contributed by atoms with E-state index in [-0.39, 0.29) is 0 Å². The molecule has 2 aromatic heterocycles. The molecule has 0 aliphatic rings. The Morgan fingerprint density at radius 3 is 2.86 bits per heavy atom. The molecule has 14 heavy (non-hydrogen) atoms. The predicted octanol–water partition coefficient (Wildman–Crippen LogP) is 3.36. The van der Waals surface area contributed by atoms with Gasteiger partial charge in [-0.05, 0) is 38.5 Å². The van der Waals surface area contributed by atoms with Crippen molar-refractivity contribution in [2.24, 2.45) is 0 Å². The van der Waals surface area contributed by atoms with Crippen molar-refractivity contribution in [3.8, 4) is 0 Å². The standard InChI is InChI=1S/C8H3BrINO2S/c9-6-5-3(10)1-11-2-4(5)14-7(6)8(12)13/h1-2H,(H,12,13). The molecule has 0 saturated carbocycles. The third-order valence-electron chi connectivity index (χ3n) is 1.69. The van der Waals surface area contributed by atoms with Gasteiger partial charge < -0.3 is 5.11 Å². The number of nitrogens with zero attached hydrogens (tertiary/aromatic N) is 1. The minimum absolute atomic E-state index is 0.325. The molecule has 0 radical (unpaired) electrons. The Balaban J connectivity index is 2.87. The zero-order valence-electron chi connectivity index (χ0n) is 6.62. The van der Waals surface area contributed by atoms with Crippen LogP contribution in [0.5, 0.6) is 0 Å². The van der Waals surface area contributed by atoms with E-state index in [0.29, 0.717) is 9.35 Å². The Bertz CT molecular complexity index is 525. The summed E-state index contributed by atoms with van der Waals surface area (Å²) >= 11 is 6.67. The Labute approximate surface area is 105 Å². The highest BCUT2D eigenvalue weighted by Crippen LogP contribution is 2.37. The van der Waals surface area contributed by atoms with Crippen molar-refractivity contribution in [1.29, 1.82) is 0 Å². The monoisotopic (exact) mass is 383 g/mol. The second-order valence-electron chi connectivity index (χ2n) is 2.54. The lowest BCUT2D eigenvalue weighted by molar-refractivity contribution is 0.0701. The molecule has 3 nitrogen and oxygen atoms in total. The van der Waals surface area contributed by atoms with Crippen LogP contribution in [0.1, 0.15) is 9.67 Å². The van der Waals surface area contributed by atoms with E-state index in [1.165, 1.54) is 11.3 Å². The number of carbonyl (C=O) groups is 1. The van der Waals surface area contributed by atoms with Gasteiger partial charge in [0, 0.05) is 21.4 Å². The van der Waals surface area contributed by atoms with Crippen molar-refractivity contribution >= 4 is 65.9 Å². The van der Waals surface area contributed by atoms with Gasteiger partial charge in [0.2, 0.25) is 0 Å². The number of pyridine rings is 1. The minimum atomic E-state index is -0.908. The molecule has 2 aromatic rings. The van der Waals surface area contributed by atoms with Crippen LogP contribution in [0.15, 0.2) is 16.9 Å². The summed E-state index contributed by atoms with van der Waals surface area (Å²) in [6.07, 6.45) is 3.39. The summed E-state index contributed by atoms with van der Waals surface area (Å²) in [6.45, 7) is 0. The molecule has 0 aromatic carbocycles. The molecule has 72 valence electrons. The van der Waals surface area contributed by atoms with Crippen LogP contribution in [0.3, 0.4) is 0 Å². The molecule has 6 heteroatoms. The number of aromatic carboxylic acids is 1. The van der Waals surface area contributed by atoms with E-state index >= 15 is 0 Å². The van der Waals surface area contributed by atoms with Crippen molar-refractivity contribution in [3.63, 3.8) is 0 Å². The highest BCUT2D eigenvalue weighted by Gasteiger charge is 2.17. The topological polar surface area (TPSA) is 50.2 Å². The maximum atomic E-state index is 10.9. The van der Waals surface area contributed by atoms with Gasteiger partial charge in [0.1, 0.15) is 4.88 Å². The molecule has 0 saturated heterocycles. The fourth-order valence-electron chi connectivity index (χ4n) is 1.11. The molecule has 0 aliphatic carbocycles. The van der Waals surface area contributed by atoms with Gasteiger partial charge in [-0.1, -0.05) is 0 Å². The van der Waals surface area contributed by atoms with Gasteiger partial charge in [0.15, 0.2) is 0 Å². The number of fused-ring (bicyclic) bond motifs is 1. The molecular weight excluding hydrogens is 381 g/mol. The van der Waals surface area contributed by atoms with Crippen molar-refractivity contribution in [1.82, 2.24) is 4.98 Å². The van der Waals surface area contributed by atoms with Crippen LogP contribution in [-0.4, -0.2) is 16.1 Å². The normalized spacial score (nSPS) is 10.7. The second kappa shape index (κ2) is 3.74. The number of carboxylic acid groups (broad SMARTS) is 1. The van der Waals surface area contributed by atoms with Crippen molar-refractivity contribution in [2.75, 3.05) is 0 Å². The van der Waals surface area contributed by atoms with Crippen LogP contribution >= 0.6 is 49.9 Å². The first-order valence-corrected chi connectivity index (χ1v) is 6.25. The average Bonchev–Trinajstić information content (AvgIpc) is 2.45. The van der Waals surface area contributed by atoms with Crippen LogP contribution in [0.4, 0.5) is 0 Å². The summed E-state index contributed by atoms with van der Waals surface area (Å²) in [5.41, 5.74) is 0. The number of rotatable bonds is 1. The molecule has 0 spiro atoms. The van der Waals surface area contributed by atoms with Crippen LogP contribution < -0.4 is 0 Å². The summed E-state index contributed by atoms with van der Waals surface area (Å²) in [4.78, 5) is 15.2. The first-order chi connectivity index (χ1) is 6.61. The smallest absolute Gasteiger partial charge is 0.347 e. The molecule has 0 bridgehead atoms. The van der Waals surface area contributed by atoms with Gasteiger partial charge in [-0.15, -0.1) is 11.3 Å². The average molecular weight is 384 g/mol. The quantitative estimate of drug-likeness (QED) is 0.768. The Kier molecular flexibility index (Phi) is 2.76. The summed E-state index contributed by atoms with van der Waals surface area (Å²) < 4.78 is 2.49. The van der Waals surface area contributed by atoms with Gasteiger partial charge in [-0.25, -0.2) is 4.79 Å². The first-order valence-electron chi connectivity index (χ1n) is 3.56. The molecule has 2 rings (SSSR count). The highest BCUT2D eigenvalue weighted by atomic mass is 127. The lowest BCUT2D eigenvalue weighted by Gasteiger charge is -1.93. The van der Waals surface area contributed by atoms with Gasteiger partial charge in [0.25, 0.3) is 0 Å². The molecule has 0 atom stereocenters. The van der Waals surface area contributed by atoms with E-state index in [1.54, 1.807) is 12.4 Å². The van der Waals surface area contributed by atoms with Crippen LogP contribution in [0, 0.1) is 3.57 Å². The van der Waals surface area contributed by atoms with E-state index in [9.17, 15) is 4.79 Å². The second-order valence-corrected chi connectivity index (χ2v) is 5.55. The summed E-state index contributed by atoms with van der Waals surface area (Å²) in [5.74, 6) is -0.908. The first kappa shape index (κ1) is 10.3. The van der Waals surface area contributed by atoms with E-state index in [4.69, 9.17) is 5.11 Å². The van der Waals surface area contributed by atoms with E-state index in [0.717, 1.165) is 13.7 Å². The fourth-order valence-corrected chi connectivity index (χ4v) is 4.29. The summed E-state index contributed by atoms with van der Waals surface area (Å²) in [7, 11) is 0. The van der Waals surface area contributed by atoms with Crippen molar-refractivity contribution in [2.45, 2.75) is 0 Å². The Morgan fingerprint density at radius 2 is 2.29 bits per heavy atom. The molecule has 1 N–H and O–H groups in total. The third kappa shape index (κ3) is 1.55. The zero-order chi connectivity index (χ0) is 10.3. The summed E-state index contributed by atoms with van der Waals surface area (Å²) in [5, 5.41) is 9.85. The van der Waals surface area contributed by atoms with Gasteiger partial charge in [-0.3, -0.25) is 4.98 Å². The maximum absolute atomic E-state index is 10.9. The maximum Gasteiger partial charge on any atom is 0.347 e. The number of halogens is 2. The zero-order valence-corrected chi connectivity index (χ0v) is 11.2. The minimum Gasteiger partial charge on any atom is -0.477 e. The summed E-state index contributed by atoms with van der Waals surface area (Å²) in [6, 6.07) is 0. The van der Waals surface area contributed by atoms with Gasteiger partial charge in [-0.2, -0.15) is 0 Å². The van der Waals surface area contributed by atoms with Crippen molar-refractivity contribution < 1.29 is 9.90 Å². The third-order valence-corrected chi connectivity index (χ3v) is 4.68. The fraction of sp³-hybridized carbons (Fsp3) is 0. The van der Waals surface area contributed by atoms with E-state index in [1.807, 2.05) is 0 Å². The lowest BCUT2D eigenvalue weighted by Crippen LogP contribution is -1.91. The number of hydrogen-bond donors (Lipinski definition) is 1. The van der Waals surface area contributed by atoms with E-state index < -0.39 is 5.97 Å². The van der Waals surface area contributed by atoms with Crippen LogP contribution in [0.2, 0.25) is 0 Å². The number of thiophene rings is 1. The van der Waals surface area contributed by atoms with Gasteiger partial charge >= 0.3 is 5.97 Å². The Morgan fingerprint density at radius 1 is 1.57 bits per heavy atom. The number of hydrogen-bond acceptors (Lipinski definition) is 3. The lowest BCUT2D eigenvalue weighted by atomic mass is 10.3. The molecule has 0 amide bonds. The van der Waals surface area contributed by atoms with Crippen molar-refractivity contribution in [3.05, 3.63) is 25.3 Å². The van der Waals surface area contributed by atoms with Crippen LogP contribution in [0.25, 0.3) is 10.1 Å². The molecule has 0 aliphatic heterocycles. The molecular formula is C8H3BrINO2S. The molecule has 0 unspecified atom stereocenters. The number of aromatic nitrogens is 1. The van der Waals surface area contributed by atoms with E-state index in [2.05, 4.69) is 43.5 Å².